The van der Waals surface area contributed by atoms with Gasteiger partial charge in [0.2, 0.25) is 0 Å². The van der Waals surface area contributed by atoms with Gasteiger partial charge in [-0.25, -0.2) is 0 Å². The zero-order valence-corrected chi connectivity index (χ0v) is 12.2. The number of aromatic nitrogens is 3. The third kappa shape index (κ3) is 3.00. The Balaban J connectivity index is 1.70. The van der Waals surface area contributed by atoms with Crippen molar-refractivity contribution < 1.29 is 4.79 Å². The molecule has 0 radical (unpaired) electrons. The van der Waals surface area contributed by atoms with Gasteiger partial charge in [0.15, 0.2) is 0 Å². The fraction of sp³-hybridized carbons (Fsp3) is 0.467. The first kappa shape index (κ1) is 13.9. The topological polar surface area (TPSA) is 63.9 Å². The maximum absolute atomic E-state index is 12.4. The van der Waals surface area contributed by atoms with Crippen molar-refractivity contribution >= 4 is 5.91 Å². The molecule has 0 aliphatic carbocycles. The van der Waals surface area contributed by atoms with E-state index in [0.29, 0.717) is 11.5 Å². The van der Waals surface area contributed by atoms with Crippen LogP contribution >= 0.6 is 0 Å². The lowest BCUT2D eigenvalue weighted by molar-refractivity contribution is 0.0944. The Morgan fingerprint density at radius 1 is 1.38 bits per heavy atom. The van der Waals surface area contributed by atoms with Crippen molar-refractivity contribution in [2.24, 2.45) is 13.0 Å². The fourth-order valence-electron chi connectivity index (χ4n) is 2.79. The lowest BCUT2D eigenvalue weighted by atomic mass is 9.98. The van der Waals surface area contributed by atoms with Gasteiger partial charge in [-0.05, 0) is 44.0 Å². The van der Waals surface area contributed by atoms with Crippen LogP contribution in [0, 0.1) is 5.92 Å². The Morgan fingerprint density at radius 2 is 2.10 bits per heavy atom. The van der Waals surface area contributed by atoms with E-state index in [1.165, 1.54) is 0 Å². The van der Waals surface area contributed by atoms with E-state index in [9.17, 15) is 4.79 Å². The molecule has 1 aliphatic heterocycles. The molecule has 0 bridgehead atoms. The van der Waals surface area contributed by atoms with E-state index in [2.05, 4.69) is 15.7 Å². The maximum Gasteiger partial charge on any atom is 0.256 e. The summed E-state index contributed by atoms with van der Waals surface area (Å²) in [6.45, 7) is 2.82. The number of nitrogens with zero attached hydrogens (tertiary/aromatic N) is 3. The summed E-state index contributed by atoms with van der Waals surface area (Å²) in [6.07, 6.45) is 7.71. The normalized spacial score (nSPS) is 16.0. The lowest BCUT2D eigenvalue weighted by Gasteiger charge is -2.22. The molecular formula is C15H21N5O. The van der Waals surface area contributed by atoms with E-state index < -0.39 is 0 Å². The average Bonchev–Trinajstić information content (AvgIpc) is 3.15. The number of carbonyl (C=O) groups excluding carboxylic acids is 1. The minimum atomic E-state index is -0.0506. The molecule has 1 fully saturated rings. The van der Waals surface area contributed by atoms with E-state index in [-0.39, 0.29) is 5.91 Å². The van der Waals surface area contributed by atoms with Crippen molar-refractivity contribution in [3.8, 4) is 5.82 Å². The molecule has 1 aliphatic rings. The summed E-state index contributed by atoms with van der Waals surface area (Å²) in [5.41, 5.74) is 0.614. The van der Waals surface area contributed by atoms with Gasteiger partial charge in [-0.3, -0.25) is 9.48 Å². The highest BCUT2D eigenvalue weighted by Crippen LogP contribution is 2.15. The van der Waals surface area contributed by atoms with Crippen LogP contribution in [0.3, 0.4) is 0 Å². The number of hydrogen-bond acceptors (Lipinski definition) is 3. The molecule has 2 N–H and O–H groups in total. The predicted molar refractivity (Wildman–Crippen MR) is 80.5 cm³/mol. The highest BCUT2D eigenvalue weighted by Gasteiger charge is 2.19. The number of aryl methyl sites for hydroxylation is 1. The van der Waals surface area contributed by atoms with Crippen LogP contribution in [-0.4, -0.2) is 39.9 Å². The fourth-order valence-corrected chi connectivity index (χ4v) is 2.79. The van der Waals surface area contributed by atoms with Crippen LogP contribution in [0.1, 0.15) is 23.2 Å². The number of piperidine rings is 1. The third-order valence-corrected chi connectivity index (χ3v) is 4.01. The van der Waals surface area contributed by atoms with Crippen LogP contribution in [-0.2, 0) is 7.05 Å². The van der Waals surface area contributed by atoms with Crippen molar-refractivity contribution in [2.45, 2.75) is 12.8 Å². The van der Waals surface area contributed by atoms with Crippen molar-refractivity contribution in [1.29, 1.82) is 0 Å². The minimum Gasteiger partial charge on any atom is -0.352 e. The Morgan fingerprint density at radius 3 is 2.81 bits per heavy atom. The molecule has 112 valence electrons. The molecule has 3 heterocycles. The SMILES string of the molecule is Cn1ncc(C(=O)NCC2CCNCC2)c1-n1cccc1. The van der Waals surface area contributed by atoms with E-state index in [4.69, 9.17) is 0 Å². The highest BCUT2D eigenvalue weighted by molar-refractivity contribution is 5.97. The molecule has 0 unspecified atom stereocenters. The van der Waals surface area contributed by atoms with Crippen molar-refractivity contribution in [3.63, 3.8) is 0 Å². The average molecular weight is 287 g/mol. The summed E-state index contributed by atoms with van der Waals surface area (Å²) in [5.74, 6) is 1.31. The Labute approximate surface area is 124 Å². The molecule has 1 amide bonds. The van der Waals surface area contributed by atoms with Gasteiger partial charge in [0.05, 0.1) is 6.20 Å². The Hall–Kier alpha value is -2.08. The summed E-state index contributed by atoms with van der Waals surface area (Å²) < 4.78 is 3.63. The van der Waals surface area contributed by atoms with Crippen LogP contribution in [0.4, 0.5) is 0 Å². The first-order chi connectivity index (χ1) is 10.3. The van der Waals surface area contributed by atoms with Gasteiger partial charge in [-0.1, -0.05) is 0 Å². The second-order valence-electron chi connectivity index (χ2n) is 5.50. The maximum atomic E-state index is 12.4. The minimum absolute atomic E-state index is 0.0506. The van der Waals surface area contributed by atoms with Gasteiger partial charge >= 0.3 is 0 Å². The molecule has 0 aromatic carbocycles. The first-order valence-corrected chi connectivity index (χ1v) is 7.40. The molecular weight excluding hydrogens is 266 g/mol. The molecule has 1 saturated heterocycles. The molecule has 6 nitrogen and oxygen atoms in total. The summed E-state index contributed by atoms with van der Waals surface area (Å²) in [4.78, 5) is 12.4. The number of rotatable bonds is 4. The van der Waals surface area contributed by atoms with Crippen LogP contribution in [0.25, 0.3) is 5.82 Å². The molecule has 0 atom stereocenters. The van der Waals surface area contributed by atoms with Crippen LogP contribution in [0.15, 0.2) is 30.7 Å². The molecule has 21 heavy (non-hydrogen) atoms. The molecule has 2 aromatic rings. The van der Waals surface area contributed by atoms with Crippen molar-refractivity contribution in [2.75, 3.05) is 19.6 Å². The molecule has 0 spiro atoms. The summed E-state index contributed by atoms with van der Waals surface area (Å²) in [6, 6.07) is 3.87. The zero-order valence-electron chi connectivity index (χ0n) is 12.2. The number of carbonyl (C=O) groups is 1. The van der Waals surface area contributed by atoms with Crippen LogP contribution in [0.2, 0.25) is 0 Å². The van der Waals surface area contributed by atoms with Gasteiger partial charge in [0, 0.05) is 26.0 Å². The van der Waals surface area contributed by atoms with Crippen molar-refractivity contribution in [3.05, 3.63) is 36.3 Å². The van der Waals surface area contributed by atoms with Gasteiger partial charge in [-0.15, -0.1) is 0 Å². The molecule has 2 aromatic heterocycles. The lowest BCUT2D eigenvalue weighted by Crippen LogP contribution is -2.36. The standard InChI is InChI=1S/C15H21N5O/c1-19-15(20-8-2-3-9-20)13(11-18-19)14(21)17-10-12-4-6-16-7-5-12/h2-3,8-9,11-12,16H,4-7,10H2,1H3,(H,17,21). The number of amides is 1. The summed E-state index contributed by atoms with van der Waals surface area (Å²) >= 11 is 0. The van der Waals surface area contributed by atoms with Gasteiger partial charge in [0.25, 0.3) is 5.91 Å². The van der Waals surface area contributed by atoms with Gasteiger partial charge in [0.1, 0.15) is 11.4 Å². The Bertz CT molecular complexity index is 596. The van der Waals surface area contributed by atoms with Gasteiger partial charge in [-0.2, -0.15) is 5.10 Å². The van der Waals surface area contributed by atoms with E-state index >= 15 is 0 Å². The summed E-state index contributed by atoms with van der Waals surface area (Å²) in [5, 5.41) is 10.6. The van der Waals surface area contributed by atoms with Crippen LogP contribution in [0.5, 0.6) is 0 Å². The number of nitrogens with one attached hydrogen (secondary N) is 2. The third-order valence-electron chi connectivity index (χ3n) is 4.01. The van der Waals surface area contributed by atoms with Crippen molar-refractivity contribution in [1.82, 2.24) is 25.0 Å². The quantitative estimate of drug-likeness (QED) is 0.879. The predicted octanol–water partition coefficient (Wildman–Crippen LogP) is 0.940. The van der Waals surface area contributed by atoms with E-state index in [1.54, 1.807) is 10.9 Å². The second-order valence-corrected chi connectivity index (χ2v) is 5.50. The largest absolute Gasteiger partial charge is 0.352 e. The smallest absolute Gasteiger partial charge is 0.256 e. The highest BCUT2D eigenvalue weighted by atomic mass is 16.1. The van der Waals surface area contributed by atoms with E-state index in [1.807, 2.05) is 36.1 Å². The second kappa shape index (κ2) is 6.13. The zero-order chi connectivity index (χ0) is 14.7. The van der Waals surface area contributed by atoms with E-state index in [0.717, 1.165) is 38.3 Å². The monoisotopic (exact) mass is 287 g/mol. The van der Waals surface area contributed by atoms with Crippen LogP contribution < -0.4 is 10.6 Å². The summed E-state index contributed by atoms with van der Waals surface area (Å²) in [7, 11) is 1.85. The Kier molecular flexibility index (Phi) is 4.06. The molecule has 6 heteroatoms. The molecule has 0 saturated carbocycles. The number of hydrogen-bond donors (Lipinski definition) is 2. The van der Waals surface area contributed by atoms with Gasteiger partial charge < -0.3 is 15.2 Å². The first-order valence-electron chi connectivity index (χ1n) is 7.40. The molecule has 3 rings (SSSR count).